The SMILES string of the molecule is Cc1ccc2nsnc2c1NC=C1C(=O)OC(C)(C)OC1=O. The first kappa shape index (κ1) is 14.5. The van der Waals surface area contributed by atoms with E-state index in [-0.39, 0.29) is 5.57 Å². The number of benzene rings is 1. The van der Waals surface area contributed by atoms with Crippen molar-refractivity contribution < 1.29 is 19.1 Å². The number of anilines is 1. The molecule has 0 spiro atoms. The minimum absolute atomic E-state index is 0.195. The molecule has 0 aliphatic carbocycles. The fourth-order valence-electron chi connectivity index (χ4n) is 2.06. The Labute approximate surface area is 130 Å². The predicted octanol–water partition coefficient (Wildman–Crippen LogP) is 2.13. The monoisotopic (exact) mass is 319 g/mol. The Morgan fingerprint density at radius 2 is 1.86 bits per heavy atom. The quantitative estimate of drug-likeness (QED) is 0.515. The minimum Gasteiger partial charge on any atom is -0.419 e. The third-order valence-corrected chi connectivity index (χ3v) is 3.66. The van der Waals surface area contributed by atoms with Crippen molar-refractivity contribution in [2.24, 2.45) is 0 Å². The highest BCUT2D eigenvalue weighted by atomic mass is 32.1. The average Bonchev–Trinajstić information content (AvgIpc) is 2.87. The fraction of sp³-hybridized carbons (Fsp3) is 0.286. The van der Waals surface area contributed by atoms with E-state index in [9.17, 15) is 9.59 Å². The van der Waals surface area contributed by atoms with Gasteiger partial charge in [0, 0.05) is 20.0 Å². The van der Waals surface area contributed by atoms with E-state index >= 15 is 0 Å². The number of rotatable bonds is 2. The fourth-order valence-corrected chi connectivity index (χ4v) is 2.60. The number of hydrogen-bond acceptors (Lipinski definition) is 8. The molecule has 0 amide bonds. The van der Waals surface area contributed by atoms with E-state index < -0.39 is 17.7 Å². The van der Waals surface area contributed by atoms with Crippen LogP contribution in [0, 0.1) is 6.92 Å². The van der Waals surface area contributed by atoms with Gasteiger partial charge in [-0.2, -0.15) is 8.75 Å². The van der Waals surface area contributed by atoms with Gasteiger partial charge in [-0.05, 0) is 18.6 Å². The van der Waals surface area contributed by atoms with Crippen LogP contribution in [0.25, 0.3) is 11.0 Å². The van der Waals surface area contributed by atoms with E-state index in [4.69, 9.17) is 9.47 Å². The van der Waals surface area contributed by atoms with Crippen molar-refractivity contribution in [3.8, 4) is 0 Å². The third kappa shape index (κ3) is 2.52. The van der Waals surface area contributed by atoms with Gasteiger partial charge in [0.2, 0.25) is 0 Å². The second kappa shape index (κ2) is 5.06. The molecule has 1 aliphatic rings. The summed E-state index contributed by atoms with van der Waals surface area (Å²) in [6.45, 7) is 4.89. The standard InChI is InChI=1S/C14H13N3O4S/c1-7-4-5-9-11(17-22-16-9)10(7)15-6-8-12(18)20-14(2,3)21-13(8)19/h4-6,15H,1-3H3. The van der Waals surface area contributed by atoms with Crippen molar-refractivity contribution in [1.29, 1.82) is 0 Å². The molecule has 22 heavy (non-hydrogen) atoms. The summed E-state index contributed by atoms with van der Waals surface area (Å²) in [6, 6.07) is 3.74. The summed E-state index contributed by atoms with van der Waals surface area (Å²) in [6.07, 6.45) is 1.28. The molecule has 2 heterocycles. The molecule has 114 valence electrons. The lowest BCUT2D eigenvalue weighted by atomic mass is 10.1. The summed E-state index contributed by atoms with van der Waals surface area (Å²) in [5, 5.41) is 2.94. The van der Waals surface area contributed by atoms with Crippen LogP contribution in [-0.2, 0) is 19.1 Å². The Bertz CT molecular complexity index is 788. The molecule has 0 atom stereocenters. The van der Waals surface area contributed by atoms with Crippen LogP contribution < -0.4 is 5.32 Å². The van der Waals surface area contributed by atoms with Crippen molar-refractivity contribution in [3.63, 3.8) is 0 Å². The zero-order chi connectivity index (χ0) is 15.9. The number of esters is 2. The van der Waals surface area contributed by atoms with E-state index in [0.29, 0.717) is 11.2 Å². The van der Waals surface area contributed by atoms with Crippen LogP contribution in [0.1, 0.15) is 19.4 Å². The topological polar surface area (TPSA) is 90.4 Å². The molecule has 1 fully saturated rings. The lowest BCUT2D eigenvalue weighted by molar-refractivity contribution is -0.222. The zero-order valence-corrected chi connectivity index (χ0v) is 13.0. The molecule has 0 unspecified atom stereocenters. The highest BCUT2D eigenvalue weighted by Crippen LogP contribution is 2.27. The van der Waals surface area contributed by atoms with Crippen LogP contribution in [0.5, 0.6) is 0 Å². The lowest BCUT2D eigenvalue weighted by Crippen LogP contribution is -2.42. The number of nitrogens with one attached hydrogen (secondary N) is 1. The zero-order valence-electron chi connectivity index (χ0n) is 12.2. The number of aryl methyl sites for hydroxylation is 1. The first-order valence-corrected chi connectivity index (χ1v) is 7.26. The van der Waals surface area contributed by atoms with Gasteiger partial charge in [-0.15, -0.1) is 0 Å². The number of ether oxygens (including phenoxy) is 2. The van der Waals surface area contributed by atoms with Crippen LogP contribution in [-0.4, -0.2) is 26.5 Å². The van der Waals surface area contributed by atoms with E-state index in [1.54, 1.807) is 0 Å². The summed E-state index contributed by atoms with van der Waals surface area (Å²) in [7, 11) is 0. The summed E-state index contributed by atoms with van der Waals surface area (Å²) in [4.78, 5) is 23.8. The molecule has 1 aromatic carbocycles. The van der Waals surface area contributed by atoms with E-state index in [1.807, 2.05) is 19.1 Å². The lowest BCUT2D eigenvalue weighted by Gasteiger charge is -2.29. The molecule has 8 heteroatoms. The molecule has 0 radical (unpaired) electrons. The second-order valence-corrected chi connectivity index (χ2v) is 5.80. The molecule has 1 aromatic heterocycles. The number of aromatic nitrogens is 2. The first-order valence-electron chi connectivity index (χ1n) is 6.53. The summed E-state index contributed by atoms with van der Waals surface area (Å²) in [5.74, 6) is -2.70. The third-order valence-electron chi connectivity index (χ3n) is 3.11. The number of carbonyl (C=O) groups excluding carboxylic acids is 2. The molecule has 1 saturated heterocycles. The van der Waals surface area contributed by atoms with Gasteiger partial charge in [-0.3, -0.25) is 0 Å². The smallest absolute Gasteiger partial charge is 0.350 e. The van der Waals surface area contributed by atoms with Crippen LogP contribution in [0.15, 0.2) is 23.9 Å². The van der Waals surface area contributed by atoms with Gasteiger partial charge >= 0.3 is 11.9 Å². The number of carbonyl (C=O) groups is 2. The van der Waals surface area contributed by atoms with Gasteiger partial charge < -0.3 is 14.8 Å². The van der Waals surface area contributed by atoms with Crippen LogP contribution in [0.2, 0.25) is 0 Å². The normalized spacial score (nSPS) is 17.1. The van der Waals surface area contributed by atoms with Crippen LogP contribution in [0.4, 0.5) is 5.69 Å². The van der Waals surface area contributed by atoms with Crippen molar-refractivity contribution in [3.05, 3.63) is 29.5 Å². The van der Waals surface area contributed by atoms with Crippen LogP contribution >= 0.6 is 11.7 Å². The number of cyclic esters (lactones) is 2. The molecule has 7 nitrogen and oxygen atoms in total. The van der Waals surface area contributed by atoms with Crippen molar-refractivity contribution in [2.75, 3.05) is 5.32 Å². The highest BCUT2D eigenvalue weighted by Gasteiger charge is 2.39. The highest BCUT2D eigenvalue weighted by molar-refractivity contribution is 7.00. The maximum atomic E-state index is 11.9. The number of fused-ring (bicyclic) bond motifs is 1. The molecule has 1 N–H and O–H groups in total. The van der Waals surface area contributed by atoms with Crippen molar-refractivity contribution in [1.82, 2.24) is 8.75 Å². The van der Waals surface area contributed by atoms with Crippen molar-refractivity contribution >= 4 is 40.4 Å². The maximum Gasteiger partial charge on any atom is 0.350 e. The Morgan fingerprint density at radius 1 is 1.18 bits per heavy atom. The summed E-state index contributed by atoms with van der Waals surface area (Å²) in [5.41, 5.74) is 2.82. The molecule has 0 saturated carbocycles. The van der Waals surface area contributed by atoms with Gasteiger partial charge in [0.05, 0.1) is 17.4 Å². The van der Waals surface area contributed by atoms with Crippen LogP contribution in [0.3, 0.4) is 0 Å². The van der Waals surface area contributed by atoms with Gasteiger partial charge in [-0.25, -0.2) is 9.59 Å². The number of hydrogen-bond donors (Lipinski definition) is 1. The minimum atomic E-state index is -1.25. The Balaban J connectivity index is 1.93. The van der Waals surface area contributed by atoms with Gasteiger partial charge in [0.1, 0.15) is 11.0 Å². The summed E-state index contributed by atoms with van der Waals surface area (Å²) < 4.78 is 18.4. The van der Waals surface area contributed by atoms with Gasteiger partial charge in [0.25, 0.3) is 5.79 Å². The van der Waals surface area contributed by atoms with E-state index in [2.05, 4.69) is 14.1 Å². The number of nitrogens with zero attached hydrogens (tertiary/aromatic N) is 2. The molecule has 1 aliphatic heterocycles. The van der Waals surface area contributed by atoms with Crippen molar-refractivity contribution in [2.45, 2.75) is 26.6 Å². The largest absolute Gasteiger partial charge is 0.419 e. The second-order valence-electron chi connectivity index (χ2n) is 5.27. The van der Waals surface area contributed by atoms with E-state index in [1.165, 1.54) is 20.0 Å². The van der Waals surface area contributed by atoms with Gasteiger partial charge in [0.15, 0.2) is 5.57 Å². The maximum absolute atomic E-state index is 11.9. The Kier molecular flexibility index (Phi) is 3.32. The summed E-state index contributed by atoms with van der Waals surface area (Å²) >= 11 is 1.09. The molecular weight excluding hydrogens is 306 g/mol. The molecule has 3 rings (SSSR count). The average molecular weight is 319 g/mol. The predicted molar refractivity (Wildman–Crippen MR) is 80.1 cm³/mol. The molecular formula is C14H13N3O4S. The van der Waals surface area contributed by atoms with Gasteiger partial charge in [-0.1, -0.05) is 6.07 Å². The Hall–Kier alpha value is -2.48. The molecule has 0 bridgehead atoms. The van der Waals surface area contributed by atoms with E-state index in [0.717, 1.165) is 22.8 Å². The first-order chi connectivity index (χ1) is 10.4. The Morgan fingerprint density at radius 3 is 2.55 bits per heavy atom. The molecule has 2 aromatic rings.